The number of hydrogen-bond acceptors (Lipinski definition) is 5. The first-order valence-corrected chi connectivity index (χ1v) is 8.25. The Kier molecular flexibility index (Phi) is 4.70. The highest BCUT2D eigenvalue weighted by Gasteiger charge is 2.18. The van der Waals surface area contributed by atoms with Crippen LogP contribution >= 0.6 is 35.0 Å². The minimum Gasteiger partial charge on any atom is -0.341 e. The third-order valence-electron chi connectivity index (χ3n) is 3.03. The largest absolute Gasteiger partial charge is 0.341 e. The van der Waals surface area contributed by atoms with Gasteiger partial charge in [0.25, 0.3) is 0 Å². The predicted octanol–water partition coefficient (Wildman–Crippen LogP) is 3.78. The number of nitrogens with zero attached hydrogens (tertiary/aromatic N) is 3. The van der Waals surface area contributed by atoms with Crippen LogP contribution in [0.5, 0.6) is 0 Å². The van der Waals surface area contributed by atoms with E-state index in [1.807, 2.05) is 0 Å². The molecule has 9 heteroatoms. The molecule has 23 heavy (non-hydrogen) atoms. The Balaban J connectivity index is 1.75. The number of halogens is 2. The standard InChI is InChI=1S/C14H11Cl2N5OS/c1-7(13(22)21-10-4-8(15)2-3-9(10)16)23-14-11-12(18-5-17-11)19-6-20-14/h2-7H,1H3,(H,21,22)(H,17,18,19,20)/t7-/m1/s1. The van der Waals surface area contributed by atoms with Gasteiger partial charge in [0.15, 0.2) is 5.65 Å². The van der Waals surface area contributed by atoms with Crippen LogP contribution in [-0.2, 0) is 4.79 Å². The van der Waals surface area contributed by atoms with Crippen molar-refractivity contribution in [2.24, 2.45) is 0 Å². The maximum absolute atomic E-state index is 12.4. The molecular formula is C14H11Cl2N5OS. The molecule has 1 amide bonds. The Labute approximate surface area is 146 Å². The van der Waals surface area contributed by atoms with Crippen LogP contribution < -0.4 is 5.32 Å². The zero-order valence-electron chi connectivity index (χ0n) is 11.9. The van der Waals surface area contributed by atoms with Gasteiger partial charge < -0.3 is 10.3 Å². The molecule has 6 nitrogen and oxygen atoms in total. The van der Waals surface area contributed by atoms with Crippen LogP contribution in [0.2, 0.25) is 10.0 Å². The second-order valence-electron chi connectivity index (χ2n) is 4.65. The smallest absolute Gasteiger partial charge is 0.237 e. The van der Waals surface area contributed by atoms with E-state index in [1.165, 1.54) is 18.1 Å². The van der Waals surface area contributed by atoms with E-state index < -0.39 is 5.25 Å². The van der Waals surface area contributed by atoms with Gasteiger partial charge in [-0.1, -0.05) is 35.0 Å². The van der Waals surface area contributed by atoms with Gasteiger partial charge in [-0.25, -0.2) is 15.0 Å². The topological polar surface area (TPSA) is 83.6 Å². The first kappa shape index (κ1) is 16.0. The Bertz CT molecular complexity index is 869. The molecule has 0 aliphatic carbocycles. The number of thioether (sulfide) groups is 1. The average molecular weight is 368 g/mol. The van der Waals surface area contributed by atoms with Crippen LogP contribution in [-0.4, -0.2) is 31.1 Å². The van der Waals surface area contributed by atoms with Gasteiger partial charge in [-0.15, -0.1) is 0 Å². The number of carbonyl (C=O) groups excluding carboxylic acids is 1. The minimum atomic E-state index is -0.397. The Morgan fingerprint density at radius 3 is 2.96 bits per heavy atom. The molecule has 2 heterocycles. The predicted molar refractivity (Wildman–Crippen MR) is 92.1 cm³/mol. The first-order chi connectivity index (χ1) is 11.0. The summed E-state index contributed by atoms with van der Waals surface area (Å²) in [5, 5.41) is 3.96. The summed E-state index contributed by atoms with van der Waals surface area (Å²) in [5.41, 5.74) is 1.75. The number of amides is 1. The Morgan fingerprint density at radius 2 is 2.13 bits per heavy atom. The third kappa shape index (κ3) is 3.57. The molecule has 1 atom stereocenters. The number of hydrogen-bond donors (Lipinski definition) is 2. The maximum atomic E-state index is 12.4. The van der Waals surface area contributed by atoms with Crippen molar-refractivity contribution in [3.8, 4) is 0 Å². The second kappa shape index (κ2) is 6.74. The van der Waals surface area contributed by atoms with E-state index in [0.717, 1.165) is 0 Å². The van der Waals surface area contributed by atoms with Crippen molar-refractivity contribution >= 4 is 57.7 Å². The summed E-state index contributed by atoms with van der Waals surface area (Å²) in [4.78, 5) is 27.6. The van der Waals surface area contributed by atoms with Gasteiger partial charge in [0.1, 0.15) is 16.9 Å². The fourth-order valence-electron chi connectivity index (χ4n) is 1.88. The SMILES string of the molecule is C[C@@H](Sc1ncnc2nc[nH]c12)C(=O)Nc1cc(Cl)ccc1Cl. The molecule has 0 radical (unpaired) electrons. The second-order valence-corrected chi connectivity index (χ2v) is 6.83. The van der Waals surface area contributed by atoms with Crippen molar-refractivity contribution < 1.29 is 4.79 Å². The van der Waals surface area contributed by atoms with E-state index in [2.05, 4.69) is 25.3 Å². The molecule has 118 valence electrons. The lowest BCUT2D eigenvalue weighted by Gasteiger charge is -2.13. The van der Waals surface area contributed by atoms with Crippen LogP contribution in [0.3, 0.4) is 0 Å². The molecule has 1 aromatic carbocycles. The number of anilines is 1. The molecule has 0 unspecified atom stereocenters. The quantitative estimate of drug-likeness (QED) is 0.541. The molecular weight excluding hydrogens is 357 g/mol. The van der Waals surface area contributed by atoms with Gasteiger partial charge in [0, 0.05) is 5.02 Å². The van der Waals surface area contributed by atoms with E-state index in [9.17, 15) is 4.79 Å². The zero-order valence-corrected chi connectivity index (χ0v) is 14.2. The van der Waals surface area contributed by atoms with Crippen LogP contribution in [0, 0.1) is 0 Å². The van der Waals surface area contributed by atoms with Crippen molar-refractivity contribution in [1.29, 1.82) is 0 Å². The Morgan fingerprint density at radius 1 is 1.30 bits per heavy atom. The number of nitrogens with one attached hydrogen (secondary N) is 2. The molecule has 0 spiro atoms. The van der Waals surface area contributed by atoms with Gasteiger partial charge in [0.05, 0.1) is 22.3 Å². The first-order valence-electron chi connectivity index (χ1n) is 6.61. The van der Waals surface area contributed by atoms with Crippen LogP contribution in [0.1, 0.15) is 6.92 Å². The van der Waals surface area contributed by atoms with E-state index in [4.69, 9.17) is 23.2 Å². The van der Waals surface area contributed by atoms with Crippen LogP contribution in [0.4, 0.5) is 5.69 Å². The van der Waals surface area contributed by atoms with E-state index in [-0.39, 0.29) is 5.91 Å². The van der Waals surface area contributed by atoms with Crippen LogP contribution in [0.25, 0.3) is 11.2 Å². The van der Waals surface area contributed by atoms with Crippen molar-refractivity contribution in [3.05, 3.63) is 40.9 Å². The molecule has 3 aromatic rings. The molecule has 2 N–H and O–H groups in total. The van der Waals surface area contributed by atoms with Gasteiger partial charge in [-0.3, -0.25) is 4.79 Å². The summed E-state index contributed by atoms with van der Waals surface area (Å²) in [6.45, 7) is 1.78. The minimum absolute atomic E-state index is 0.203. The molecule has 0 saturated carbocycles. The summed E-state index contributed by atoms with van der Waals surface area (Å²) in [6.07, 6.45) is 2.96. The lowest BCUT2D eigenvalue weighted by molar-refractivity contribution is -0.115. The fourth-order valence-corrected chi connectivity index (χ4v) is 3.09. The summed E-state index contributed by atoms with van der Waals surface area (Å²) < 4.78 is 0. The number of imidazole rings is 1. The van der Waals surface area contributed by atoms with E-state index >= 15 is 0 Å². The monoisotopic (exact) mass is 367 g/mol. The lowest BCUT2D eigenvalue weighted by atomic mass is 10.3. The third-order valence-corrected chi connectivity index (χ3v) is 4.70. The number of fused-ring (bicyclic) bond motifs is 1. The van der Waals surface area contributed by atoms with Crippen molar-refractivity contribution in [1.82, 2.24) is 19.9 Å². The van der Waals surface area contributed by atoms with Gasteiger partial charge in [-0.2, -0.15) is 0 Å². The highest BCUT2D eigenvalue weighted by Crippen LogP contribution is 2.29. The van der Waals surface area contributed by atoms with E-state index in [1.54, 1.807) is 31.5 Å². The van der Waals surface area contributed by atoms with Crippen molar-refractivity contribution in [2.45, 2.75) is 17.2 Å². The number of carbonyl (C=O) groups is 1. The molecule has 3 rings (SSSR count). The van der Waals surface area contributed by atoms with Crippen molar-refractivity contribution in [2.75, 3.05) is 5.32 Å². The number of aromatic amines is 1. The van der Waals surface area contributed by atoms with Crippen LogP contribution in [0.15, 0.2) is 35.9 Å². The lowest BCUT2D eigenvalue weighted by Crippen LogP contribution is -2.22. The molecule has 0 saturated heterocycles. The Hall–Kier alpha value is -1.83. The highest BCUT2D eigenvalue weighted by atomic mass is 35.5. The normalized spacial score (nSPS) is 12.3. The molecule has 0 aliphatic heterocycles. The highest BCUT2D eigenvalue weighted by molar-refractivity contribution is 8.00. The van der Waals surface area contributed by atoms with Gasteiger partial charge in [0.2, 0.25) is 5.91 Å². The molecule has 0 bridgehead atoms. The average Bonchev–Trinajstić information content (AvgIpc) is 3.00. The number of rotatable bonds is 4. The van der Waals surface area contributed by atoms with E-state index in [0.29, 0.717) is 31.9 Å². The fraction of sp³-hybridized carbons (Fsp3) is 0.143. The van der Waals surface area contributed by atoms with Gasteiger partial charge in [-0.05, 0) is 25.1 Å². The molecule has 0 aliphatic rings. The summed E-state index contributed by atoms with van der Waals surface area (Å²) in [7, 11) is 0. The number of H-pyrrole nitrogens is 1. The molecule has 0 fully saturated rings. The summed E-state index contributed by atoms with van der Waals surface area (Å²) in [6, 6.07) is 4.90. The zero-order chi connectivity index (χ0) is 16.4. The van der Waals surface area contributed by atoms with Gasteiger partial charge >= 0.3 is 0 Å². The maximum Gasteiger partial charge on any atom is 0.237 e. The van der Waals surface area contributed by atoms with Crippen molar-refractivity contribution in [3.63, 3.8) is 0 Å². The number of aromatic nitrogens is 4. The number of benzene rings is 1. The summed E-state index contributed by atoms with van der Waals surface area (Å²) >= 11 is 13.3. The molecule has 2 aromatic heterocycles. The summed E-state index contributed by atoms with van der Waals surface area (Å²) in [5.74, 6) is -0.203.